The zero-order valence-electron chi connectivity index (χ0n) is 6.65. The third-order valence-corrected chi connectivity index (χ3v) is 1.45. The molecule has 0 aromatic heterocycles. The van der Waals surface area contributed by atoms with Gasteiger partial charge in [0, 0.05) is 6.07 Å². The van der Waals surface area contributed by atoms with Gasteiger partial charge in [0.1, 0.15) is 0 Å². The molecule has 1 aromatic carbocycles. The van der Waals surface area contributed by atoms with Gasteiger partial charge in [0.05, 0.1) is 18.1 Å². The van der Waals surface area contributed by atoms with Crippen LogP contribution in [0.25, 0.3) is 0 Å². The molecule has 0 atom stereocenters. The fraction of sp³-hybridized carbons (Fsp3) is 0.143. The molecule has 0 saturated carbocycles. The third kappa shape index (κ3) is 1.66. The average molecular weight is 187 g/mol. The molecule has 0 spiro atoms. The lowest BCUT2D eigenvalue weighted by atomic mass is 10.2. The number of nitro benzene ring substituents is 1. The van der Waals surface area contributed by atoms with Gasteiger partial charge in [-0.1, -0.05) is 0 Å². The highest BCUT2D eigenvalue weighted by molar-refractivity contribution is 5.48. The van der Waals surface area contributed by atoms with E-state index in [4.69, 9.17) is 5.11 Å². The zero-order valence-corrected chi connectivity index (χ0v) is 6.65. The summed E-state index contributed by atoms with van der Waals surface area (Å²) in [7, 11) is 1.22. The minimum absolute atomic E-state index is 0.131. The van der Waals surface area contributed by atoms with Gasteiger partial charge in [-0.05, 0) is 0 Å². The molecule has 0 fully saturated rings. The Kier molecular flexibility index (Phi) is 2.32. The largest absolute Gasteiger partial charge is 0.504 e. The Balaban J connectivity index is 3.30. The number of phenols is 1. The Morgan fingerprint density at radius 1 is 1.62 bits per heavy atom. The van der Waals surface area contributed by atoms with Crippen molar-refractivity contribution in [2.45, 2.75) is 0 Å². The SMILES string of the molecule is COc1cc([N+](=O)[O-])c(F)cc1O. The second-order valence-corrected chi connectivity index (χ2v) is 2.23. The van der Waals surface area contributed by atoms with E-state index in [1.807, 2.05) is 0 Å². The van der Waals surface area contributed by atoms with E-state index in [9.17, 15) is 14.5 Å². The molecule has 0 aliphatic heterocycles. The predicted molar refractivity (Wildman–Crippen MR) is 41.3 cm³/mol. The Hall–Kier alpha value is -1.85. The second-order valence-electron chi connectivity index (χ2n) is 2.23. The van der Waals surface area contributed by atoms with Gasteiger partial charge in [-0.3, -0.25) is 10.1 Å². The van der Waals surface area contributed by atoms with Gasteiger partial charge in [-0.15, -0.1) is 0 Å². The van der Waals surface area contributed by atoms with E-state index >= 15 is 0 Å². The first-order valence-corrected chi connectivity index (χ1v) is 3.27. The van der Waals surface area contributed by atoms with Crippen molar-refractivity contribution < 1.29 is 19.2 Å². The number of rotatable bonds is 2. The first-order chi connectivity index (χ1) is 6.06. The van der Waals surface area contributed by atoms with Gasteiger partial charge in [0.25, 0.3) is 0 Å². The molecule has 1 aromatic rings. The smallest absolute Gasteiger partial charge is 0.308 e. The highest BCUT2D eigenvalue weighted by Gasteiger charge is 2.18. The molecule has 0 aliphatic rings. The van der Waals surface area contributed by atoms with Crippen molar-refractivity contribution in [3.8, 4) is 11.5 Å². The topological polar surface area (TPSA) is 72.6 Å². The van der Waals surface area contributed by atoms with Crippen molar-refractivity contribution in [1.82, 2.24) is 0 Å². The number of phenolic OH excluding ortho intramolecular Hbond substituents is 1. The number of nitrogens with zero attached hydrogens (tertiary/aromatic N) is 1. The maximum Gasteiger partial charge on any atom is 0.308 e. The molecule has 6 heteroatoms. The highest BCUT2D eigenvalue weighted by Crippen LogP contribution is 2.32. The molecule has 1 N–H and O–H groups in total. The number of ether oxygens (including phenoxy) is 1. The summed E-state index contributed by atoms with van der Waals surface area (Å²) in [4.78, 5) is 9.34. The average Bonchev–Trinajstić information content (AvgIpc) is 2.03. The van der Waals surface area contributed by atoms with E-state index in [2.05, 4.69) is 4.74 Å². The predicted octanol–water partition coefficient (Wildman–Crippen LogP) is 1.45. The third-order valence-electron chi connectivity index (χ3n) is 1.45. The summed E-state index contributed by atoms with van der Waals surface area (Å²) in [6.45, 7) is 0. The molecule has 0 bridgehead atoms. The van der Waals surface area contributed by atoms with Gasteiger partial charge in [-0.25, -0.2) is 0 Å². The summed E-state index contributed by atoms with van der Waals surface area (Å²) >= 11 is 0. The molecule has 0 heterocycles. The maximum atomic E-state index is 12.8. The van der Waals surface area contributed by atoms with Crippen molar-refractivity contribution in [2.24, 2.45) is 0 Å². The van der Waals surface area contributed by atoms with E-state index in [0.29, 0.717) is 6.07 Å². The van der Waals surface area contributed by atoms with Gasteiger partial charge in [0.15, 0.2) is 11.5 Å². The Morgan fingerprint density at radius 2 is 2.23 bits per heavy atom. The lowest BCUT2D eigenvalue weighted by Crippen LogP contribution is -1.94. The first-order valence-electron chi connectivity index (χ1n) is 3.27. The van der Waals surface area contributed by atoms with E-state index < -0.39 is 22.2 Å². The van der Waals surface area contributed by atoms with Crippen molar-refractivity contribution >= 4 is 5.69 Å². The maximum absolute atomic E-state index is 12.8. The van der Waals surface area contributed by atoms with Gasteiger partial charge < -0.3 is 9.84 Å². The van der Waals surface area contributed by atoms with E-state index in [1.165, 1.54) is 7.11 Å². The molecular weight excluding hydrogens is 181 g/mol. The molecule has 0 aliphatic carbocycles. The first kappa shape index (κ1) is 9.24. The van der Waals surface area contributed by atoms with Crippen LogP contribution in [0.15, 0.2) is 12.1 Å². The van der Waals surface area contributed by atoms with Crippen LogP contribution < -0.4 is 4.74 Å². The fourth-order valence-electron chi connectivity index (χ4n) is 0.836. The Morgan fingerprint density at radius 3 is 2.69 bits per heavy atom. The second kappa shape index (κ2) is 3.26. The van der Waals surface area contributed by atoms with Crippen molar-refractivity contribution in [1.29, 1.82) is 0 Å². The minimum atomic E-state index is -1.09. The molecule has 5 nitrogen and oxygen atoms in total. The van der Waals surface area contributed by atoms with Crippen LogP contribution in [0.5, 0.6) is 11.5 Å². The number of methoxy groups -OCH3 is 1. The summed E-state index contributed by atoms with van der Waals surface area (Å²) in [5, 5.41) is 19.2. The molecule has 0 unspecified atom stereocenters. The summed E-state index contributed by atoms with van der Waals surface area (Å²) in [6, 6.07) is 1.46. The van der Waals surface area contributed by atoms with Crippen LogP contribution >= 0.6 is 0 Å². The van der Waals surface area contributed by atoms with Gasteiger partial charge in [-0.2, -0.15) is 4.39 Å². The molecule has 70 valence electrons. The number of benzene rings is 1. The van der Waals surface area contributed by atoms with Crippen LogP contribution in [0.1, 0.15) is 0 Å². The molecule has 0 amide bonds. The van der Waals surface area contributed by atoms with Crippen LogP contribution in [-0.2, 0) is 0 Å². The number of hydrogen-bond donors (Lipinski definition) is 1. The summed E-state index contributed by atoms with van der Waals surface area (Å²) in [5.74, 6) is -1.69. The highest BCUT2D eigenvalue weighted by atomic mass is 19.1. The van der Waals surface area contributed by atoms with Crippen LogP contribution in [0.4, 0.5) is 10.1 Å². The summed E-state index contributed by atoms with van der Waals surface area (Å²) in [5.41, 5.74) is -0.727. The van der Waals surface area contributed by atoms with Crippen molar-refractivity contribution in [3.05, 3.63) is 28.1 Å². The van der Waals surface area contributed by atoms with Crippen LogP contribution in [0, 0.1) is 15.9 Å². The van der Waals surface area contributed by atoms with Crippen molar-refractivity contribution in [2.75, 3.05) is 7.11 Å². The Bertz CT molecular complexity index is 353. The number of halogens is 1. The van der Waals surface area contributed by atoms with Crippen molar-refractivity contribution in [3.63, 3.8) is 0 Å². The summed E-state index contributed by atoms with van der Waals surface area (Å²) in [6.07, 6.45) is 0. The lowest BCUT2D eigenvalue weighted by Gasteiger charge is -2.02. The fourth-order valence-corrected chi connectivity index (χ4v) is 0.836. The van der Waals surface area contributed by atoms with Crippen LogP contribution in [0.3, 0.4) is 0 Å². The monoisotopic (exact) mass is 187 g/mol. The quantitative estimate of drug-likeness (QED) is 0.561. The summed E-state index contributed by atoms with van der Waals surface area (Å²) < 4.78 is 17.3. The standard InChI is InChI=1S/C7H6FNO4/c1-13-7-3-5(9(11)12)4(8)2-6(7)10/h2-3,10H,1H3. The molecule has 1 rings (SSSR count). The molecule has 0 saturated heterocycles. The number of aromatic hydroxyl groups is 1. The van der Waals surface area contributed by atoms with Crippen LogP contribution in [-0.4, -0.2) is 17.1 Å². The lowest BCUT2D eigenvalue weighted by molar-refractivity contribution is -0.387. The number of hydrogen-bond acceptors (Lipinski definition) is 4. The Labute approximate surface area is 72.5 Å². The molecule has 13 heavy (non-hydrogen) atoms. The van der Waals surface area contributed by atoms with E-state index in [0.717, 1.165) is 6.07 Å². The van der Waals surface area contributed by atoms with Gasteiger partial charge in [0.2, 0.25) is 5.82 Å². The molecular formula is C7H6FNO4. The van der Waals surface area contributed by atoms with E-state index in [1.54, 1.807) is 0 Å². The van der Waals surface area contributed by atoms with E-state index in [-0.39, 0.29) is 5.75 Å². The van der Waals surface area contributed by atoms with Crippen LogP contribution in [0.2, 0.25) is 0 Å². The molecule has 0 radical (unpaired) electrons. The minimum Gasteiger partial charge on any atom is -0.504 e. The normalized spacial score (nSPS) is 9.69. The van der Waals surface area contributed by atoms with Gasteiger partial charge >= 0.3 is 5.69 Å². The zero-order chi connectivity index (χ0) is 10.0. The number of nitro groups is 1.